The highest BCUT2D eigenvalue weighted by Gasteiger charge is 2.25. The number of nitrogens with zero attached hydrogens (tertiary/aromatic N) is 2. The van der Waals surface area contributed by atoms with Crippen LogP contribution in [0.15, 0.2) is 0 Å². The molecule has 0 saturated carbocycles. The Morgan fingerprint density at radius 1 is 1.10 bits per heavy atom. The molecule has 2 fully saturated rings. The fourth-order valence-corrected chi connectivity index (χ4v) is 3.73. The van der Waals surface area contributed by atoms with Crippen LogP contribution < -0.4 is 5.32 Å². The van der Waals surface area contributed by atoms with Crippen molar-refractivity contribution in [3.63, 3.8) is 0 Å². The van der Waals surface area contributed by atoms with Crippen LogP contribution in [0.1, 0.15) is 52.9 Å². The van der Waals surface area contributed by atoms with Gasteiger partial charge in [-0.3, -0.25) is 0 Å². The summed E-state index contributed by atoms with van der Waals surface area (Å²) in [5, 5.41) is 3.87. The van der Waals surface area contributed by atoms with E-state index in [0.717, 1.165) is 18.0 Å². The summed E-state index contributed by atoms with van der Waals surface area (Å²) < 4.78 is 0. The molecule has 0 spiro atoms. The van der Waals surface area contributed by atoms with Crippen LogP contribution in [-0.2, 0) is 0 Å². The molecule has 0 aromatic rings. The van der Waals surface area contributed by atoms with E-state index < -0.39 is 0 Å². The second-order valence-electron chi connectivity index (χ2n) is 7.12. The Hall–Kier alpha value is -0.120. The van der Waals surface area contributed by atoms with Crippen LogP contribution in [0.25, 0.3) is 0 Å². The molecule has 2 heterocycles. The van der Waals surface area contributed by atoms with Crippen molar-refractivity contribution in [1.29, 1.82) is 0 Å². The average molecular weight is 281 g/mol. The van der Waals surface area contributed by atoms with Crippen molar-refractivity contribution in [2.45, 2.75) is 65.0 Å². The van der Waals surface area contributed by atoms with Gasteiger partial charge >= 0.3 is 0 Å². The van der Waals surface area contributed by atoms with Crippen LogP contribution in [-0.4, -0.2) is 61.2 Å². The van der Waals surface area contributed by atoms with E-state index in [4.69, 9.17) is 0 Å². The molecule has 118 valence electrons. The van der Waals surface area contributed by atoms with Crippen LogP contribution in [0, 0.1) is 5.92 Å². The first-order valence-corrected chi connectivity index (χ1v) is 8.88. The minimum atomic E-state index is 0.723. The Morgan fingerprint density at radius 3 is 2.65 bits per heavy atom. The lowest BCUT2D eigenvalue weighted by molar-refractivity contribution is 0.261. The molecule has 2 aliphatic rings. The zero-order chi connectivity index (χ0) is 14.4. The summed E-state index contributed by atoms with van der Waals surface area (Å²) in [6.07, 6.45) is 6.78. The standard InChI is InChI=1S/C17H35N3/c1-4-9-19-10-5-6-17(8-11-19)18-13-16-7-12-20(14-16)15(2)3/h15-18H,4-14H2,1-3H3. The predicted molar refractivity (Wildman–Crippen MR) is 87.2 cm³/mol. The Bertz CT molecular complexity index is 267. The second-order valence-corrected chi connectivity index (χ2v) is 7.12. The van der Waals surface area contributed by atoms with Gasteiger partial charge in [-0.25, -0.2) is 0 Å². The van der Waals surface area contributed by atoms with Gasteiger partial charge in [0, 0.05) is 18.6 Å². The van der Waals surface area contributed by atoms with Crippen molar-refractivity contribution < 1.29 is 0 Å². The van der Waals surface area contributed by atoms with Crippen LogP contribution in [0.5, 0.6) is 0 Å². The molecule has 20 heavy (non-hydrogen) atoms. The number of rotatable bonds is 6. The molecule has 2 atom stereocenters. The summed E-state index contributed by atoms with van der Waals surface area (Å²) >= 11 is 0. The smallest absolute Gasteiger partial charge is 0.00798 e. The van der Waals surface area contributed by atoms with Crippen molar-refractivity contribution in [2.75, 3.05) is 39.3 Å². The molecule has 2 rings (SSSR count). The van der Waals surface area contributed by atoms with E-state index >= 15 is 0 Å². The minimum Gasteiger partial charge on any atom is -0.314 e. The number of hydrogen-bond donors (Lipinski definition) is 1. The van der Waals surface area contributed by atoms with E-state index in [9.17, 15) is 0 Å². The van der Waals surface area contributed by atoms with Crippen LogP contribution in [0.2, 0.25) is 0 Å². The molecule has 2 unspecified atom stereocenters. The average Bonchev–Trinajstić information content (AvgIpc) is 2.79. The predicted octanol–water partition coefficient (Wildman–Crippen LogP) is 2.57. The van der Waals surface area contributed by atoms with E-state index in [1.54, 1.807) is 0 Å². The molecule has 2 saturated heterocycles. The van der Waals surface area contributed by atoms with Gasteiger partial charge in [-0.05, 0) is 84.6 Å². The van der Waals surface area contributed by atoms with E-state index in [2.05, 4.69) is 35.9 Å². The molecule has 0 amide bonds. The number of hydrogen-bond acceptors (Lipinski definition) is 3. The van der Waals surface area contributed by atoms with Gasteiger partial charge in [-0.15, -0.1) is 0 Å². The van der Waals surface area contributed by atoms with Crippen molar-refractivity contribution in [3.05, 3.63) is 0 Å². The first-order chi connectivity index (χ1) is 9.69. The van der Waals surface area contributed by atoms with E-state index in [1.807, 2.05) is 0 Å². The number of likely N-dealkylation sites (tertiary alicyclic amines) is 2. The third-order valence-electron chi connectivity index (χ3n) is 5.10. The van der Waals surface area contributed by atoms with Crippen molar-refractivity contribution in [3.8, 4) is 0 Å². The Balaban J connectivity index is 1.64. The topological polar surface area (TPSA) is 18.5 Å². The van der Waals surface area contributed by atoms with E-state index in [-0.39, 0.29) is 0 Å². The maximum absolute atomic E-state index is 3.87. The summed E-state index contributed by atoms with van der Waals surface area (Å²) in [6, 6.07) is 1.49. The SMILES string of the molecule is CCCN1CCCC(NCC2CCN(C(C)C)C2)CC1. The molecule has 0 aromatic heterocycles. The van der Waals surface area contributed by atoms with Gasteiger partial charge in [0.25, 0.3) is 0 Å². The number of nitrogens with one attached hydrogen (secondary N) is 1. The third kappa shape index (κ3) is 5.01. The van der Waals surface area contributed by atoms with Crippen molar-refractivity contribution in [1.82, 2.24) is 15.1 Å². The Labute approximate surface area is 126 Å². The Morgan fingerprint density at radius 2 is 1.95 bits per heavy atom. The highest BCUT2D eigenvalue weighted by Crippen LogP contribution is 2.19. The molecule has 3 heteroatoms. The van der Waals surface area contributed by atoms with Crippen molar-refractivity contribution in [2.24, 2.45) is 5.92 Å². The monoisotopic (exact) mass is 281 g/mol. The molecular formula is C17H35N3. The lowest BCUT2D eigenvalue weighted by Gasteiger charge is -2.22. The van der Waals surface area contributed by atoms with Crippen molar-refractivity contribution >= 4 is 0 Å². The first-order valence-electron chi connectivity index (χ1n) is 8.88. The molecule has 0 aliphatic carbocycles. The largest absolute Gasteiger partial charge is 0.314 e. The third-order valence-corrected chi connectivity index (χ3v) is 5.10. The van der Waals surface area contributed by atoms with E-state index in [0.29, 0.717) is 0 Å². The lowest BCUT2D eigenvalue weighted by Crippen LogP contribution is -2.36. The molecule has 0 bridgehead atoms. The molecule has 2 aliphatic heterocycles. The highest BCUT2D eigenvalue weighted by molar-refractivity contribution is 4.82. The summed E-state index contributed by atoms with van der Waals surface area (Å²) in [4.78, 5) is 5.28. The summed E-state index contributed by atoms with van der Waals surface area (Å²) in [5.74, 6) is 0.882. The van der Waals surface area contributed by atoms with Crippen LogP contribution in [0.3, 0.4) is 0 Å². The quantitative estimate of drug-likeness (QED) is 0.807. The minimum absolute atomic E-state index is 0.723. The van der Waals surface area contributed by atoms with E-state index in [1.165, 1.54) is 71.4 Å². The zero-order valence-electron chi connectivity index (χ0n) is 13.9. The zero-order valence-corrected chi connectivity index (χ0v) is 13.9. The molecule has 3 nitrogen and oxygen atoms in total. The van der Waals surface area contributed by atoms with Gasteiger partial charge in [0.2, 0.25) is 0 Å². The second kappa shape index (κ2) is 8.35. The van der Waals surface area contributed by atoms with Gasteiger partial charge in [0.15, 0.2) is 0 Å². The van der Waals surface area contributed by atoms with Gasteiger partial charge < -0.3 is 15.1 Å². The normalized spacial score (nSPS) is 30.0. The Kier molecular flexibility index (Phi) is 6.79. The molecule has 0 radical (unpaired) electrons. The molecule has 0 aromatic carbocycles. The first kappa shape index (κ1) is 16.3. The van der Waals surface area contributed by atoms with Crippen LogP contribution in [0.4, 0.5) is 0 Å². The highest BCUT2D eigenvalue weighted by atomic mass is 15.2. The summed E-state index contributed by atoms with van der Waals surface area (Å²) in [7, 11) is 0. The maximum atomic E-state index is 3.87. The molecule has 1 N–H and O–H groups in total. The fourth-order valence-electron chi connectivity index (χ4n) is 3.73. The maximum Gasteiger partial charge on any atom is 0.00798 e. The van der Waals surface area contributed by atoms with Gasteiger partial charge in [-0.1, -0.05) is 6.92 Å². The summed E-state index contributed by atoms with van der Waals surface area (Å²) in [6.45, 7) is 14.7. The van der Waals surface area contributed by atoms with Crippen LogP contribution >= 0.6 is 0 Å². The lowest BCUT2D eigenvalue weighted by atomic mass is 10.1. The molecular weight excluding hydrogens is 246 g/mol. The summed E-state index contributed by atoms with van der Waals surface area (Å²) in [5.41, 5.74) is 0. The van der Waals surface area contributed by atoms with Gasteiger partial charge in [0.05, 0.1) is 0 Å². The fraction of sp³-hybridized carbons (Fsp3) is 1.00. The van der Waals surface area contributed by atoms with Gasteiger partial charge in [0.1, 0.15) is 0 Å². The van der Waals surface area contributed by atoms with Gasteiger partial charge in [-0.2, -0.15) is 0 Å².